The van der Waals surface area contributed by atoms with E-state index >= 15 is 0 Å². The molecule has 0 saturated carbocycles. The van der Waals surface area contributed by atoms with Crippen molar-refractivity contribution in [3.63, 3.8) is 0 Å². The van der Waals surface area contributed by atoms with E-state index in [2.05, 4.69) is 355 Å². The van der Waals surface area contributed by atoms with Crippen LogP contribution in [0.25, 0.3) is 121 Å². The average Bonchev–Trinajstić information content (AvgIpc) is 1.05. The lowest BCUT2D eigenvalue weighted by molar-refractivity contribution is 0.569. The highest BCUT2D eigenvalue weighted by Gasteiger charge is 2.45. The summed E-state index contributed by atoms with van der Waals surface area (Å²) in [4.78, 5) is 4.86. The van der Waals surface area contributed by atoms with Crippen LogP contribution in [0, 0.1) is 0 Å². The third-order valence-corrected chi connectivity index (χ3v) is 23.3. The van der Waals surface area contributed by atoms with Crippen molar-refractivity contribution >= 4 is 123 Å². The minimum atomic E-state index is -0.505. The van der Waals surface area contributed by atoms with Crippen LogP contribution in [-0.4, -0.2) is 15.8 Å². The number of hydrogen-bond donors (Lipinski definition) is 0. The number of aromatic nitrogens is 2. The zero-order chi connectivity index (χ0) is 82.8. The Bertz CT molecular complexity index is 6900. The molecule has 538 valence electrons. The van der Waals surface area contributed by atoms with Gasteiger partial charge in [0.2, 0.25) is 0 Å². The number of nitrogens with zero attached hydrogens (tertiary/aromatic N) is 4. The van der Waals surface area contributed by atoms with Crippen LogP contribution in [0.1, 0.15) is 143 Å². The molecular formula is C104H93BN4O. The first-order valence-electron chi connectivity index (χ1n) is 42.7. The molecule has 0 amide bonds. The van der Waals surface area contributed by atoms with E-state index in [-0.39, 0.29) is 61.0 Å². The maximum absolute atomic E-state index is 9.88. The van der Waals surface area contributed by atoms with Gasteiger partial charge >= 0.3 is 0 Å². The lowest BCUT2D eigenvalue weighted by Crippen LogP contribution is -2.61. The summed E-state index contributed by atoms with van der Waals surface area (Å²) in [6.45, 7) is 33.6. The lowest BCUT2D eigenvalue weighted by atomic mass is 9.33. The smallest absolute Gasteiger partial charge is 0.252 e. The lowest BCUT2D eigenvalue weighted by Gasteiger charge is -2.45. The number of benzene rings is 14. The Morgan fingerprint density at radius 2 is 0.700 bits per heavy atom. The molecule has 0 unspecified atom stereocenters. The molecule has 0 spiro atoms. The Labute approximate surface area is 659 Å². The molecule has 110 heavy (non-hydrogen) atoms. The molecule has 0 bridgehead atoms. The van der Waals surface area contributed by atoms with E-state index in [4.69, 9.17) is 7.16 Å². The number of fused-ring (bicyclic) bond motifs is 13. The fourth-order valence-corrected chi connectivity index (χ4v) is 17.2. The summed E-state index contributed by atoms with van der Waals surface area (Å²) in [5.41, 5.74) is 26.6. The van der Waals surface area contributed by atoms with Gasteiger partial charge in [-0.2, -0.15) is 0 Å². The Hall–Kier alpha value is -11.9. The minimum absolute atomic E-state index is 0.00147. The predicted molar refractivity (Wildman–Crippen MR) is 472 cm³/mol. The fraction of sp³-hybridized carbons (Fsp3) is 0.192. The average molecular weight is 1430 g/mol. The number of rotatable bonds is 8. The van der Waals surface area contributed by atoms with E-state index in [1.165, 1.54) is 27.8 Å². The van der Waals surface area contributed by atoms with Crippen molar-refractivity contribution in [2.45, 2.75) is 131 Å². The van der Waals surface area contributed by atoms with E-state index in [1.807, 2.05) is 6.07 Å². The van der Waals surface area contributed by atoms with Crippen molar-refractivity contribution in [1.82, 2.24) is 9.13 Å². The quantitative estimate of drug-likeness (QED) is 0.142. The van der Waals surface area contributed by atoms with Crippen LogP contribution >= 0.6 is 0 Å². The van der Waals surface area contributed by atoms with E-state index in [9.17, 15) is 8.22 Å². The number of para-hydroxylation sites is 4. The maximum atomic E-state index is 9.88. The van der Waals surface area contributed by atoms with E-state index < -0.39 is 43.0 Å². The Kier molecular flexibility index (Phi) is 13.6. The second-order valence-corrected chi connectivity index (χ2v) is 35.7. The van der Waals surface area contributed by atoms with Gasteiger partial charge in [0, 0.05) is 66.4 Å². The molecule has 6 heteroatoms. The highest BCUT2D eigenvalue weighted by Crippen LogP contribution is 2.52. The van der Waals surface area contributed by atoms with Gasteiger partial charge in [-0.05, 0) is 213 Å². The summed E-state index contributed by atoms with van der Waals surface area (Å²) in [7, 11) is 0. The van der Waals surface area contributed by atoms with Gasteiger partial charge in [0.25, 0.3) is 6.71 Å². The van der Waals surface area contributed by atoms with E-state index in [0.29, 0.717) is 22.5 Å². The molecule has 0 aliphatic carbocycles. The summed E-state index contributed by atoms with van der Waals surface area (Å²) < 4.78 is 87.7. The van der Waals surface area contributed by atoms with Gasteiger partial charge in [-0.3, -0.25) is 0 Å². The molecular weight excluding hydrogens is 1330 g/mol. The molecule has 0 atom stereocenters. The third kappa shape index (κ3) is 11.3. The second-order valence-electron chi connectivity index (χ2n) is 35.7. The maximum Gasteiger partial charge on any atom is 0.252 e. The van der Waals surface area contributed by atoms with Crippen molar-refractivity contribution in [3.05, 3.63) is 319 Å². The molecule has 19 rings (SSSR count). The standard InChI is InChI=1S/C104H93BN4O/c1-100(2,3)72-34-26-33-66(52-72)71-58-95-97-96(59-71)109(92-42-28-38-82-81-37-27-41-91(98(81)110-99(82)92)108-89-49-44-73(101(4,5)6)61-83(89)84-62-74(102(7,8)9)45-50-90(84)108)94-63-77(106-87-39-24-22-35-79(87)80-36-23-25-40-88(80)106)46-48-86(94)105(97)85-47-43-67(70-53-75(103(10,11)12)60-76(54-70)104(13,14)15)57-93(85)107(95)78-55-68(64-29-18-16-19-30-64)51-69(56-78)65-31-20-17-21-32-65/h16-63H,1-15H3/i22D,23D,24D,25D,35D,36D,39D,40D. The Balaban J connectivity index is 0.969. The van der Waals surface area contributed by atoms with Gasteiger partial charge in [-0.25, -0.2) is 0 Å². The van der Waals surface area contributed by atoms with Crippen LogP contribution < -0.4 is 26.2 Å². The SMILES string of the molecule is [2H]c1c([2H])c([2H])c2c(c1[2H])c1c([2H])c([2H])c([2H])c([2H])c1n2-c1ccc2c(c1)N(c1cccc3c1oc1c(-n4c5ccc(C(C)(C)C)cc5c5cc(C(C)(C)C)ccc54)cccc13)c1cc(-c3cccc(C(C)(C)C)c3)cc3c1B2c1ccc(-c2cc(C(C)(C)C)cc(C(C)(C)C)c2)cc1N3c1cc(-c2ccccc2)cc(-c2ccccc2)c1. The number of hydrogen-bond acceptors (Lipinski definition) is 3. The zero-order valence-electron chi connectivity index (χ0n) is 73.4. The first kappa shape index (κ1) is 60.1. The van der Waals surface area contributed by atoms with Crippen molar-refractivity contribution in [2.24, 2.45) is 0 Å². The Morgan fingerprint density at radius 1 is 0.264 bits per heavy atom. The summed E-state index contributed by atoms with van der Waals surface area (Å²) in [6.07, 6.45) is 0. The largest absolute Gasteiger partial charge is 0.452 e. The molecule has 0 saturated heterocycles. The van der Waals surface area contributed by atoms with Crippen molar-refractivity contribution in [2.75, 3.05) is 9.80 Å². The van der Waals surface area contributed by atoms with Crippen molar-refractivity contribution in [1.29, 1.82) is 0 Å². The topological polar surface area (TPSA) is 29.5 Å². The highest BCUT2D eigenvalue weighted by molar-refractivity contribution is 7.00. The summed E-state index contributed by atoms with van der Waals surface area (Å²) in [6, 6.07) is 85.5. The fourth-order valence-electron chi connectivity index (χ4n) is 17.2. The molecule has 2 aliphatic rings. The van der Waals surface area contributed by atoms with Crippen LogP contribution in [0.2, 0.25) is 0 Å². The molecule has 5 heterocycles. The molecule has 2 aliphatic heterocycles. The second kappa shape index (κ2) is 24.8. The van der Waals surface area contributed by atoms with Crippen LogP contribution in [0.15, 0.2) is 295 Å². The van der Waals surface area contributed by atoms with Crippen LogP contribution in [0.3, 0.4) is 0 Å². The predicted octanol–water partition coefficient (Wildman–Crippen LogP) is 27.0. The van der Waals surface area contributed by atoms with E-state index in [1.54, 1.807) is 4.57 Å². The summed E-state index contributed by atoms with van der Waals surface area (Å²) in [5.74, 6) is 0. The highest BCUT2D eigenvalue weighted by atomic mass is 16.3. The molecule has 3 aromatic heterocycles. The van der Waals surface area contributed by atoms with Gasteiger partial charge < -0.3 is 23.4 Å². The van der Waals surface area contributed by atoms with Gasteiger partial charge in [0.1, 0.15) is 0 Å². The number of anilines is 6. The van der Waals surface area contributed by atoms with Gasteiger partial charge in [-0.1, -0.05) is 298 Å². The van der Waals surface area contributed by atoms with E-state index in [0.717, 1.165) is 128 Å². The van der Waals surface area contributed by atoms with Crippen LogP contribution in [0.4, 0.5) is 34.1 Å². The zero-order valence-corrected chi connectivity index (χ0v) is 65.4. The molecule has 14 aromatic carbocycles. The minimum Gasteiger partial charge on any atom is -0.452 e. The molecule has 0 radical (unpaired) electrons. The van der Waals surface area contributed by atoms with Crippen LogP contribution in [-0.2, 0) is 27.1 Å². The number of furan rings is 1. The van der Waals surface area contributed by atoms with Gasteiger partial charge in [0.15, 0.2) is 11.2 Å². The van der Waals surface area contributed by atoms with Crippen molar-refractivity contribution in [3.8, 4) is 55.9 Å². The van der Waals surface area contributed by atoms with Crippen LogP contribution in [0.5, 0.6) is 0 Å². The monoisotopic (exact) mass is 1430 g/mol. The molecule has 0 N–H and O–H groups in total. The van der Waals surface area contributed by atoms with Crippen molar-refractivity contribution < 1.29 is 15.4 Å². The Morgan fingerprint density at radius 3 is 1.25 bits per heavy atom. The third-order valence-electron chi connectivity index (χ3n) is 23.3. The summed E-state index contributed by atoms with van der Waals surface area (Å²) in [5, 5.41) is 4.12. The van der Waals surface area contributed by atoms with Gasteiger partial charge in [0.05, 0.1) is 44.4 Å². The summed E-state index contributed by atoms with van der Waals surface area (Å²) >= 11 is 0. The first-order chi connectivity index (χ1) is 56.0. The first-order valence-corrected chi connectivity index (χ1v) is 38.7. The molecule has 5 nitrogen and oxygen atoms in total. The normalized spacial score (nSPS) is 14.4. The van der Waals surface area contributed by atoms with Gasteiger partial charge in [-0.15, -0.1) is 0 Å². The molecule has 17 aromatic rings. The molecule has 0 fully saturated rings.